The third-order valence-corrected chi connectivity index (χ3v) is 4.00. The average molecular weight is 306 g/mol. The van der Waals surface area contributed by atoms with Crippen LogP contribution in [0.2, 0.25) is 0 Å². The monoisotopic (exact) mass is 306 g/mol. The van der Waals surface area contributed by atoms with Gasteiger partial charge in [0, 0.05) is 24.1 Å². The van der Waals surface area contributed by atoms with E-state index in [1.54, 1.807) is 36.7 Å². The van der Waals surface area contributed by atoms with E-state index in [0.717, 1.165) is 5.69 Å². The molecule has 0 spiro atoms. The van der Waals surface area contributed by atoms with Crippen molar-refractivity contribution in [1.82, 2.24) is 4.98 Å². The van der Waals surface area contributed by atoms with Gasteiger partial charge in [-0.25, -0.2) is 0 Å². The molecule has 5 heteroatoms. The predicted octanol–water partition coefficient (Wildman–Crippen LogP) is 3.56. The minimum Gasteiger partial charge on any atom is -0.381 e. The first-order valence-electron chi connectivity index (χ1n) is 7.78. The summed E-state index contributed by atoms with van der Waals surface area (Å²) in [6.45, 7) is 0. The van der Waals surface area contributed by atoms with Crippen LogP contribution >= 0.6 is 0 Å². The van der Waals surface area contributed by atoms with Gasteiger partial charge >= 0.3 is 0 Å². The summed E-state index contributed by atoms with van der Waals surface area (Å²) in [7, 11) is 0. The van der Waals surface area contributed by atoms with Crippen LogP contribution in [0.4, 0.5) is 11.4 Å². The highest BCUT2D eigenvalue weighted by Gasteiger charge is 2.15. The van der Waals surface area contributed by atoms with Crippen molar-refractivity contribution in [1.29, 1.82) is 5.26 Å². The number of rotatable bonds is 4. The minimum absolute atomic E-state index is 0.211. The van der Waals surface area contributed by atoms with Crippen molar-refractivity contribution in [2.75, 3.05) is 10.6 Å². The summed E-state index contributed by atoms with van der Waals surface area (Å²) in [6.07, 6.45) is 8.15. The molecule has 0 aliphatic heterocycles. The van der Waals surface area contributed by atoms with Gasteiger partial charge in [-0.05, 0) is 43.2 Å². The zero-order chi connectivity index (χ0) is 16.1. The van der Waals surface area contributed by atoms with Gasteiger partial charge in [0.25, 0.3) is 5.91 Å². The van der Waals surface area contributed by atoms with Crippen LogP contribution < -0.4 is 10.6 Å². The molecule has 1 aromatic heterocycles. The fourth-order valence-corrected chi connectivity index (χ4v) is 2.78. The Balaban J connectivity index is 1.67. The van der Waals surface area contributed by atoms with Crippen molar-refractivity contribution >= 4 is 17.3 Å². The molecular weight excluding hydrogens is 288 g/mol. The largest absolute Gasteiger partial charge is 0.381 e. The molecule has 0 atom stereocenters. The van der Waals surface area contributed by atoms with Gasteiger partial charge in [0.15, 0.2) is 0 Å². The summed E-state index contributed by atoms with van der Waals surface area (Å²) in [6, 6.07) is 11.1. The highest BCUT2D eigenvalue weighted by atomic mass is 16.1. The van der Waals surface area contributed by atoms with Crippen molar-refractivity contribution in [3.05, 3.63) is 53.9 Å². The molecule has 1 aliphatic rings. The zero-order valence-electron chi connectivity index (χ0n) is 12.7. The minimum atomic E-state index is -0.211. The summed E-state index contributed by atoms with van der Waals surface area (Å²) in [5.74, 6) is -0.211. The van der Waals surface area contributed by atoms with Crippen molar-refractivity contribution in [2.24, 2.45) is 0 Å². The van der Waals surface area contributed by atoms with Gasteiger partial charge in [0.2, 0.25) is 0 Å². The summed E-state index contributed by atoms with van der Waals surface area (Å²) in [4.78, 5) is 16.5. The van der Waals surface area contributed by atoms with Gasteiger partial charge in [-0.1, -0.05) is 12.8 Å². The molecule has 116 valence electrons. The van der Waals surface area contributed by atoms with E-state index in [4.69, 9.17) is 5.26 Å². The van der Waals surface area contributed by atoms with E-state index >= 15 is 0 Å². The van der Waals surface area contributed by atoms with Crippen molar-refractivity contribution in [3.63, 3.8) is 0 Å². The highest BCUT2D eigenvalue weighted by molar-refractivity contribution is 6.04. The van der Waals surface area contributed by atoms with Gasteiger partial charge in [-0.15, -0.1) is 0 Å². The van der Waals surface area contributed by atoms with E-state index in [1.165, 1.54) is 25.7 Å². The first-order valence-corrected chi connectivity index (χ1v) is 7.78. The molecule has 5 nitrogen and oxygen atoms in total. The average Bonchev–Trinajstić information content (AvgIpc) is 3.09. The van der Waals surface area contributed by atoms with E-state index in [0.29, 0.717) is 22.9 Å². The number of nitrogens with one attached hydrogen (secondary N) is 2. The number of carbonyl (C=O) groups excluding carboxylic acids is 1. The molecule has 1 heterocycles. The van der Waals surface area contributed by atoms with Crippen LogP contribution in [0.3, 0.4) is 0 Å². The van der Waals surface area contributed by atoms with E-state index < -0.39 is 0 Å². The molecule has 3 rings (SSSR count). The first kappa shape index (κ1) is 15.0. The summed E-state index contributed by atoms with van der Waals surface area (Å²) < 4.78 is 0. The molecule has 1 aliphatic carbocycles. The Labute approximate surface area is 135 Å². The second-order valence-corrected chi connectivity index (χ2v) is 5.73. The third kappa shape index (κ3) is 3.86. The number of benzene rings is 1. The fraction of sp³-hybridized carbons (Fsp3) is 0.278. The lowest BCUT2D eigenvalue weighted by Gasteiger charge is -2.13. The number of nitriles is 1. The van der Waals surface area contributed by atoms with Gasteiger partial charge in [0.05, 0.1) is 22.9 Å². The van der Waals surface area contributed by atoms with Crippen LogP contribution in [-0.4, -0.2) is 16.9 Å². The van der Waals surface area contributed by atoms with Crippen LogP contribution in [0.5, 0.6) is 0 Å². The van der Waals surface area contributed by atoms with Gasteiger partial charge in [0.1, 0.15) is 0 Å². The van der Waals surface area contributed by atoms with E-state index in [9.17, 15) is 4.79 Å². The molecule has 2 aromatic rings. The smallest absolute Gasteiger partial charge is 0.257 e. The zero-order valence-corrected chi connectivity index (χ0v) is 12.7. The second kappa shape index (κ2) is 6.93. The molecular formula is C18H18N4O. The molecule has 1 fully saturated rings. The Kier molecular flexibility index (Phi) is 4.53. The fourth-order valence-electron chi connectivity index (χ4n) is 2.78. The predicted molar refractivity (Wildman–Crippen MR) is 89.2 cm³/mol. The molecule has 23 heavy (non-hydrogen) atoms. The Morgan fingerprint density at radius 1 is 1.13 bits per heavy atom. The van der Waals surface area contributed by atoms with Crippen LogP contribution in [0, 0.1) is 11.3 Å². The number of nitrogens with zero attached hydrogens (tertiary/aromatic N) is 2. The number of hydrogen-bond acceptors (Lipinski definition) is 4. The molecule has 0 saturated heterocycles. The standard InChI is InChI=1S/C18H18N4O/c19-10-13-5-7-16(8-6-13)22-18(23)14-9-17(12-20-11-14)21-15-3-1-2-4-15/h5-9,11-12,15,21H,1-4H2,(H,22,23). The van der Waals surface area contributed by atoms with E-state index in [2.05, 4.69) is 15.6 Å². The maximum atomic E-state index is 12.3. The van der Waals surface area contributed by atoms with Crippen LogP contribution in [0.25, 0.3) is 0 Å². The van der Waals surface area contributed by atoms with Crippen LogP contribution in [0.1, 0.15) is 41.6 Å². The number of amides is 1. The molecule has 0 radical (unpaired) electrons. The topological polar surface area (TPSA) is 77.8 Å². The first-order chi connectivity index (χ1) is 11.2. The maximum absolute atomic E-state index is 12.3. The van der Waals surface area contributed by atoms with E-state index in [-0.39, 0.29) is 5.91 Å². The number of hydrogen-bond donors (Lipinski definition) is 2. The van der Waals surface area contributed by atoms with Gasteiger partial charge < -0.3 is 10.6 Å². The van der Waals surface area contributed by atoms with E-state index in [1.807, 2.05) is 12.1 Å². The maximum Gasteiger partial charge on any atom is 0.257 e. The Morgan fingerprint density at radius 2 is 1.87 bits per heavy atom. The lowest BCUT2D eigenvalue weighted by atomic mass is 10.2. The lowest BCUT2D eigenvalue weighted by molar-refractivity contribution is 0.102. The molecule has 1 amide bonds. The quantitative estimate of drug-likeness (QED) is 0.905. The van der Waals surface area contributed by atoms with Crippen LogP contribution in [-0.2, 0) is 0 Å². The molecule has 0 unspecified atom stereocenters. The number of pyridine rings is 1. The Hall–Kier alpha value is -2.87. The van der Waals surface area contributed by atoms with Crippen molar-refractivity contribution in [3.8, 4) is 6.07 Å². The normalized spacial score (nSPS) is 14.2. The van der Waals surface area contributed by atoms with Gasteiger partial charge in [-0.3, -0.25) is 9.78 Å². The summed E-state index contributed by atoms with van der Waals surface area (Å²) >= 11 is 0. The number of aromatic nitrogens is 1. The third-order valence-electron chi connectivity index (χ3n) is 4.00. The molecule has 1 aromatic carbocycles. The SMILES string of the molecule is N#Cc1ccc(NC(=O)c2cncc(NC3CCCC3)c2)cc1. The lowest BCUT2D eigenvalue weighted by Crippen LogP contribution is -2.16. The molecule has 2 N–H and O–H groups in total. The Morgan fingerprint density at radius 3 is 2.57 bits per heavy atom. The summed E-state index contributed by atoms with van der Waals surface area (Å²) in [5.41, 5.74) is 2.61. The molecule has 0 bridgehead atoms. The van der Waals surface area contributed by atoms with Crippen molar-refractivity contribution < 1.29 is 4.79 Å². The molecule has 1 saturated carbocycles. The second-order valence-electron chi connectivity index (χ2n) is 5.73. The Bertz CT molecular complexity index is 727. The number of carbonyl (C=O) groups is 1. The highest BCUT2D eigenvalue weighted by Crippen LogP contribution is 2.22. The van der Waals surface area contributed by atoms with Crippen molar-refractivity contribution in [2.45, 2.75) is 31.7 Å². The number of anilines is 2. The van der Waals surface area contributed by atoms with Crippen LogP contribution in [0.15, 0.2) is 42.7 Å². The van der Waals surface area contributed by atoms with Gasteiger partial charge in [-0.2, -0.15) is 5.26 Å². The summed E-state index contributed by atoms with van der Waals surface area (Å²) in [5, 5.41) is 15.0.